The van der Waals surface area contributed by atoms with E-state index < -0.39 is 5.82 Å². The van der Waals surface area contributed by atoms with Crippen LogP contribution in [0.4, 0.5) is 4.39 Å². The topological polar surface area (TPSA) is 80.2 Å². The molecule has 0 atom stereocenters. The van der Waals surface area contributed by atoms with E-state index in [1.165, 1.54) is 6.26 Å². The van der Waals surface area contributed by atoms with E-state index >= 15 is 0 Å². The summed E-state index contributed by atoms with van der Waals surface area (Å²) in [6, 6.07) is 4.93. The fourth-order valence-corrected chi connectivity index (χ4v) is 2.92. The van der Waals surface area contributed by atoms with Crippen molar-refractivity contribution in [2.75, 3.05) is 0 Å². The third-order valence-electron chi connectivity index (χ3n) is 4.68. The number of fused-ring (bicyclic) bond motifs is 1. The predicted octanol–water partition coefficient (Wildman–Crippen LogP) is 3.94. The van der Waals surface area contributed by atoms with Crippen molar-refractivity contribution in [3.05, 3.63) is 46.7 Å². The zero-order valence-electron chi connectivity index (χ0n) is 14.1. The second-order valence-electron chi connectivity index (χ2n) is 6.78. The first-order chi connectivity index (χ1) is 12.5. The first kappa shape index (κ1) is 16.9. The van der Waals surface area contributed by atoms with Crippen LogP contribution in [-0.2, 0) is 17.9 Å². The molecule has 2 heterocycles. The number of H-pyrrole nitrogens is 1. The first-order valence-corrected chi connectivity index (χ1v) is 8.64. The summed E-state index contributed by atoms with van der Waals surface area (Å²) in [4.78, 5) is 15.1. The van der Waals surface area contributed by atoms with Crippen LogP contribution >= 0.6 is 11.6 Å². The highest BCUT2D eigenvalue weighted by Gasteiger charge is 2.44. The number of rotatable bonds is 6. The van der Waals surface area contributed by atoms with Crippen molar-refractivity contribution in [3.63, 3.8) is 0 Å². The molecule has 2 N–H and O–H groups in total. The third-order valence-corrected chi connectivity index (χ3v) is 5.03. The highest BCUT2D eigenvalue weighted by atomic mass is 35.5. The van der Waals surface area contributed by atoms with Crippen LogP contribution in [0.2, 0.25) is 5.02 Å². The Morgan fingerprint density at radius 3 is 3.00 bits per heavy atom. The number of carbonyl (C=O) groups excluding carboxylic acids is 1. The monoisotopic (exact) mass is 377 g/mol. The average molecular weight is 378 g/mol. The number of aromatic nitrogens is 2. The van der Waals surface area contributed by atoms with Gasteiger partial charge in [-0.05, 0) is 18.9 Å². The van der Waals surface area contributed by atoms with Crippen molar-refractivity contribution < 1.29 is 18.4 Å². The lowest BCUT2D eigenvalue weighted by Crippen LogP contribution is -2.29. The van der Waals surface area contributed by atoms with Gasteiger partial charge in [0.1, 0.15) is 29.3 Å². The Morgan fingerprint density at radius 1 is 1.50 bits per heavy atom. The molecule has 0 saturated heterocycles. The van der Waals surface area contributed by atoms with Crippen LogP contribution in [0.5, 0.6) is 5.75 Å². The molecule has 0 spiro atoms. The lowest BCUT2D eigenvalue weighted by molar-refractivity contribution is -0.125. The van der Waals surface area contributed by atoms with E-state index in [0.29, 0.717) is 28.8 Å². The van der Waals surface area contributed by atoms with Gasteiger partial charge in [0.25, 0.3) is 0 Å². The summed E-state index contributed by atoms with van der Waals surface area (Å²) in [6.07, 6.45) is 3.24. The summed E-state index contributed by atoms with van der Waals surface area (Å²) in [5, 5.41) is 6.87. The van der Waals surface area contributed by atoms with E-state index in [2.05, 4.69) is 15.5 Å². The van der Waals surface area contributed by atoms with Crippen LogP contribution in [0.15, 0.2) is 29.0 Å². The molecule has 136 valence electrons. The van der Waals surface area contributed by atoms with Crippen LogP contribution in [0.3, 0.4) is 0 Å². The number of nitrogens with zero attached hydrogens (tertiary/aromatic N) is 1. The zero-order chi connectivity index (χ0) is 18.3. The average Bonchev–Trinajstić information content (AvgIpc) is 3.03. The number of hydrogen-bond donors (Lipinski definition) is 2. The standard InChI is InChI=1S/C18H17ClFN3O3/c1-18(3-4-18)17(24)21-8-11-6-12-13(22-11)7-14(15(19)16(12)20)25-9-10-2-5-26-23-10/h2,5-7,22H,3-4,8-9H2,1H3,(H,21,24). The van der Waals surface area contributed by atoms with E-state index in [1.807, 2.05) is 6.92 Å². The number of nitrogens with one attached hydrogen (secondary N) is 2. The zero-order valence-corrected chi connectivity index (χ0v) is 14.8. The maximum Gasteiger partial charge on any atom is 0.226 e. The van der Waals surface area contributed by atoms with Gasteiger partial charge in [-0.25, -0.2) is 4.39 Å². The van der Waals surface area contributed by atoms with Gasteiger partial charge in [0.2, 0.25) is 5.91 Å². The fraction of sp³-hybridized carbons (Fsp3) is 0.333. The Balaban J connectivity index is 1.53. The van der Waals surface area contributed by atoms with Crippen LogP contribution in [0.25, 0.3) is 10.9 Å². The molecule has 26 heavy (non-hydrogen) atoms. The number of ether oxygens (including phenoxy) is 1. The molecule has 2 aromatic heterocycles. The van der Waals surface area contributed by atoms with E-state index in [0.717, 1.165) is 12.8 Å². The van der Waals surface area contributed by atoms with E-state index in [4.69, 9.17) is 20.9 Å². The van der Waals surface area contributed by atoms with Crippen molar-refractivity contribution in [3.8, 4) is 5.75 Å². The van der Waals surface area contributed by atoms with Crippen LogP contribution in [0, 0.1) is 11.2 Å². The number of carbonyl (C=O) groups is 1. The van der Waals surface area contributed by atoms with E-state index in [9.17, 15) is 9.18 Å². The van der Waals surface area contributed by atoms with Gasteiger partial charge in [-0.2, -0.15) is 0 Å². The Hall–Kier alpha value is -2.54. The van der Waals surface area contributed by atoms with Gasteiger partial charge in [0.15, 0.2) is 5.82 Å². The molecule has 0 radical (unpaired) electrons. The smallest absolute Gasteiger partial charge is 0.226 e. The number of amides is 1. The maximum atomic E-state index is 14.6. The molecule has 1 saturated carbocycles. The van der Waals surface area contributed by atoms with Crippen molar-refractivity contribution in [1.82, 2.24) is 15.5 Å². The predicted molar refractivity (Wildman–Crippen MR) is 93.3 cm³/mol. The van der Waals surface area contributed by atoms with Crippen LogP contribution < -0.4 is 10.1 Å². The Morgan fingerprint density at radius 2 is 2.31 bits per heavy atom. The van der Waals surface area contributed by atoms with Gasteiger partial charge in [0.05, 0.1) is 12.1 Å². The van der Waals surface area contributed by atoms with Crippen molar-refractivity contribution in [2.24, 2.45) is 5.41 Å². The third kappa shape index (κ3) is 3.14. The van der Waals surface area contributed by atoms with Crippen LogP contribution in [0.1, 0.15) is 31.2 Å². The van der Waals surface area contributed by atoms with Crippen molar-refractivity contribution in [2.45, 2.75) is 32.9 Å². The quantitative estimate of drug-likeness (QED) is 0.681. The SMILES string of the molecule is CC1(C(=O)NCc2cc3c(F)c(Cl)c(OCc4ccon4)cc3[nH]2)CC1. The fourth-order valence-electron chi connectivity index (χ4n) is 2.71. The molecule has 6 nitrogen and oxygen atoms in total. The van der Waals surface area contributed by atoms with Crippen molar-refractivity contribution in [1.29, 1.82) is 0 Å². The second-order valence-corrected chi connectivity index (χ2v) is 7.16. The Labute approximate surface area is 153 Å². The molecule has 4 rings (SSSR count). The largest absolute Gasteiger partial charge is 0.485 e. The minimum atomic E-state index is -0.567. The Kier molecular flexibility index (Phi) is 4.11. The molecule has 3 aromatic rings. The molecule has 0 unspecified atom stereocenters. The molecule has 1 aromatic carbocycles. The minimum Gasteiger partial charge on any atom is -0.485 e. The molecular weight excluding hydrogens is 361 g/mol. The van der Waals surface area contributed by atoms with Gasteiger partial charge >= 0.3 is 0 Å². The first-order valence-electron chi connectivity index (χ1n) is 8.26. The molecule has 1 amide bonds. The van der Waals surface area contributed by atoms with E-state index in [1.54, 1.807) is 18.2 Å². The molecule has 1 aliphatic rings. The highest BCUT2D eigenvalue weighted by molar-refractivity contribution is 6.33. The molecule has 0 aliphatic heterocycles. The van der Waals surface area contributed by atoms with Gasteiger partial charge in [-0.3, -0.25) is 4.79 Å². The van der Waals surface area contributed by atoms with Crippen LogP contribution in [-0.4, -0.2) is 16.0 Å². The summed E-state index contributed by atoms with van der Waals surface area (Å²) < 4.78 is 24.9. The molecule has 8 heteroatoms. The van der Waals surface area contributed by atoms with Gasteiger partial charge < -0.3 is 19.6 Å². The maximum absolute atomic E-state index is 14.6. The summed E-state index contributed by atoms with van der Waals surface area (Å²) in [6.45, 7) is 2.35. The number of aromatic amines is 1. The van der Waals surface area contributed by atoms with Gasteiger partial charge in [0, 0.05) is 28.6 Å². The lowest BCUT2D eigenvalue weighted by Gasteiger charge is -2.08. The summed E-state index contributed by atoms with van der Waals surface area (Å²) in [7, 11) is 0. The number of halogens is 2. The molecule has 1 aliphatic carbocycles. The summed E-state index contributed by atoms with van der Waals surface area (Å²) in [5.41, 5.74) is 1.57. The lowest BCUT2D eigenvalue weighted by atomic mass is 10.1. The number of benzene rings is 1. The summed E-state index contributed by atoms with van der Waals surface area (Å²) >= 11 is 6.09. The van der Waals surface area contributed by atoms with Gasteiger partial charge in [-0.1, -0.05) is 23.7 Å². The van der Waals surface area contributed by atoms with Gasteiger partial charge in [-0.15, -0.1) is 0 Å². The van der Waals surface area contributed by atoms with Crippen molar-refractivity contribution >= 4 is 28.4 Å². The number of hydrogen-bond acceptors (Lipinski definition) is 4. The van der Waals surface area contributed by atoms with E-state index in [-0.39, 0.29) is 28.7 Å². The Bertz CT molecular complexity index is 964. The summed E-state index contributed by atoms with van der Waals surface area (Å²) in [5.74, 6) is -0.337. The second kappa shape index (κ2) is 6.32. The molecular formula is C18H17ClFN3O3. The molecule has 0 bridgehead atoms. The normalized spacial score (nSPS) is 15.2. The highest BCUT2D eigenvalue weighted by Crippen LogP contribution is 2.45. The molecule has 1 fully saturated rings. The minimum absolute atomic E-state index is 0.0197.